The van der Waals surface area contributed by atoms with E-state index >= 15 is 0 Å². The molecule has 0 bridgehead atoms. The minimum absolute atomic E-state index is 0.152. The first-order chi connectivity index (χ1) is 11.4. The quantitative estimate of drug-likeness (QED) is 0.780. The molecule has 0 aliphatic heterocycles. The lowest BCUT2D eigenvalue weighted by Gasteiger charge is -2.25. The first-order valence-corrected chi connectivity index (χ1v) is 7.84. The van der Waals surface area contributed by atoms with Crippen molar-refractivity contribution in [1.82, 2.24) is 19.8 Å². The Morgan fingerprint density at radius 3 is 2.29 bits per heavy atom. The van der Waals surface area contributed by atoms with E-state index in [1.807, 2.05) is 19.9 Å². The van der Waals surface area contributed by atoms with Crippen LogP contribution in [0.2, 0.25) is 0 Å². The average molecular weight is 331 g/mol. The Labute approximate surface area is 139 Å². The lowest BCUT2D eigenvalue weighted by atomic mass is 10.2. The van der Waals surface area contributed by atoms with Crippen LogP contribution in [0.1, 0.15) is 40.2 Å². The van der Waals surface area contributed by atoms with Crippen molar-refractivity contribution in [1.29, 1.82) is 0 Å². The first kappa shape index (κ1) is 17.6. The number of carbonyl (C=O) groups excluding carboxylic acids is 2. The molecule has 0 N–H and O–H groups in total. The molecule has 0 saturated carbocycles. The van der Waals surface area contributed by atoms with Crippen molar-refractivity contribution in [2.45, 2.75) is 46.2 Å². The van der Waals surface area contributed by atoms with Gasteiger partial charge in [0.05, 0.1) is 0 Å². The summed E-state index contributed by atoms with van der Waals surface area (Å²) in [5.74, 6) is -0.152. The number of amides is 1. The summed E-state index contributed by atoms with van der Waals surface area (Å²) in [6.07, 6.45) is 0.274. The third kappa shape index (κ3) is 3.27. The molecule has 1 unspecified atom stereocenters. The Morgan fingerprint density at radius 2 is 1.75 bits per heavy atom. The Bertz CT molecular complexity index is 779. The number of nitrogens with zero attached hydrogens (tertiary/aromatic N) is 5. The Kier molecular flexibility index (Phi) is 5.28. The van der Waals surface area contributed by atoms with Crippen LogP contribution in [0.5, 0.6) is 0 Å². The van der Waals surface area contributed by atoms with Crippen LogP contribution in [-0.2, 0) is 4.79 Å². The number of hydrogen-bond donors (Lipinski definition) is 0. The second-order valence-corrected chi connectivity index (χ2v) is 5.70. The smallest absolute Gasteiger partial charge is 0.297 e. The van der Waals surface area contributed by atoms with Crippen molar-refractivity contribution in [3.05, 3.63) is 40.8 Å². The van der Waals surface area contributed by atoms with Gasteiger partial charge in [-0.1, -0.05) is 25.1 Å². The van der Waals surface area contributed by atoms with E-state index in [-0.39, 0.29) is 18.2 Å². The summed E-state index contributed by atoms with van der Waals surface area (Å²) in [5.41, 5.74) is -0.0764. The van der Waals surface area contributed by atoms with E-state index in [4.69, 9.17) is 0 Å². The second-order valence-electron chi connectivity index (χ2n) is 5.70. The summed E-state index contributed by atoms with van der Waals surface area (Å²) in [6.45, 7) is 6.94. The van der Waals surface area contributed by atoms with Crippen LogP contribution >= 0.6 is 0 Å². The molecule has 0 radical (unpaired) electrons. The number of Topliss-reactive ketones (excluding diaryl/α,β-unsaturated/α-hetero) is 1. The number of anilines is 1. The van der Waals surface area contributed by atoms with Crippen LogP contribution in [0.4, 0.5) is 10.5 Å². The predicted molar refractivity (Wildman–Crippen MR) is 89.1 cm³/mol. The summed E-state index contributed by atoms with van der Waals surface area (Å²) < 4.78 is 1.62. The fourth-order valence-electron chi connectivity index (χ4n) is 2.37. The third-order valence-electron chi connectivity index (χ3n) is 3.72. The molecule has 0 fully saturated rings. The van der Waals surface area contributed by atoms with Crippen molar-refractivity contribution in [2.24, 2.45) is 0 Å². The van der Waals surface area contributed by atoms with Gasteiger partial charge in [0, 0.05) is 18.2 Å². The summed E-state index contributed by atoms with van der Waals surface area (Å²) in [4.78, 5) is 38.4. The highest BCUT2D eigenvalue weighted by Gasteiger charge is 2.27. The largest absolute Gasteiger partial charge is 0.373 e. The molecule has 0 spiro atoms. The van der Waals surface area contributed by atoms with E-state index in [1.54, 1.807) is 38.1 Å². The van der Waals surface area contributed by atoms with Gasteiger partial charge in [-0.3, -0.25) is 9.69 Å². The van der Waals surface area contributed by atoms with E-state index < -0.39 is 17.8 Å². The molecule has 1 atom stereocenters. The number of carbonyl (C=O) groups is 2. The number of aromatic nitrogens is 4. The van der Waals surface area contributed by atoms with Crippen LogP contribution in [0, 0.1) is 0 Å². The zero-order valence-electron chi connectivity index (χ0n) is 14.2. The maximum atomic E-state index is 12.8. The van der Waals surface area contributed by atoms with Gasteiger partial charge in [-0.2, -0.15) is 4.68 Å². The molecule has 1 heterocycles. The molecule has 2 rings (SSSR count). The fourth-order valence-corrected chi connectivity index (χ4v) is 2.37. The highest BCUT2D eigenvalue weighted by Crippen LogP contribution is 2.17. The molecular weight excluding hydrogens is 310 g/mol. The van der Waals surface area contributed by atoms with Crippen LogP contribution in [0.3, 0.4) is 0 Å². The first-order valence-electron chi connectivity index (χ1n) is 7.84. The van der Waals surface area contributed by atoms with Crippen molar-refractivity contribution in [3.8, 4) is 0 Å². The van der Waals surface area contributed by atoms with Gasteiger partial charge in [0.15, 0.2) is 5.78 Å². The van der Waals surface area contributed by atoms with E-state index in [1.165, 1.54) is 4.90 Å². The normalized spacial score (nSPS) is 12.2. The summed E-state index contributed by atoms with van der Waals surface area (Å²) in [5, 5.41) is 7.35. The number of hydrogen-bond acceptors (Lipinski definition) is 5. The van der Waals surface area contributed by atoms with Gasteiger partial charge in [0.2, 0.25) is 0 Å². The van der Waals surface area contributed by atoms with Gasteiger partial charge < -0.3 is 0 Å². The van der Waals surface area contributed by atoms with Crippen molar-refractivity contribution < 1.29 is 9.59 Å². The summed E-state index contributed by atoms with van der Waals surface area (Å²) in [6, 6.07) is 7.45. The molecule has 1 aromatic carbocycles. The van der Waals surface area contributed by atoms with Crippen molar-refractivity contribution >= 4 is 17.5 Å². The fraction of sp³-hybridized carbons (Fsp3) is 0.438. The maximum Gasteiger partial charge on any atom is 0.373 e. The molecule has 24 heavy (non-hydrogen) atoms. The standard InChI is InChI=1S/C16H21N5O3/c1-5-14(22)12(4)20-16(24)21(18-17-20)15(23)19(11(2)3)13-9-7-6-8-10-13/h6-12H,5H2,1-4H3. The van der Waals surface area contributed by atoms with E-state index in [9.17, 15) is 14.4 Å². The number of para-hydroxylation sites is 1. The van der Waals surface area contributed by atoms with Gasteiger partial charge in [-0.15, -0.1) is 4.68 Å². The minimum atomic E-state index is -0.756. The van der Waals surface area contributed by atoms with Crippen LogP contribution in [-0.4, -0.2) is 37.6 Å². The monoisotopic (exact) mass is 331 g/mol. The SMILES string of the molecule is CCC(=O)C(C)n1nnn(C(=O)N(c2ccccc2)C(C)C)c1=O. The number of benzene rings is 1. The van der Waals surface area contributed by atoms with Gasteiger partial charge in [-0.05, 0) is 43.3 Å². The van der Waals surface area contributed by atoms with Crippen molar-refractivity contribution in [2.75, 3.05) is 4.90 Å². The lowest BCUT2D eigenvalue weighted by Crippen LogP contribution is -2.45. The second kappa shape index (κ2) is 7.20. The van der Waals surface area contributed by atoms with Gasteiger partial charge in [0.25, 0.3) is 0 Å². The van der Waals surface area contributed by atoms with Crippen LogP contribution in [0.25, 0.3) is 0 Å². The van der Waals surface area contributed by atoms with Crippen LogP contribution in [0.15, 0.2) is 35.1 Å². The number of tetrazole rings is 1. The zero-order valence-corrected chi connectivity index (χ0v) is 14.2. The van der Waals surface area contributed by atoms with Gasteiger partial charge >= 0.3 is 11.7 Å². The molecule has 128 valence electrons. The molecule has 1 aromatic heterocycles. The molecule has 2 aromatic rings. The molecular formula is C16H21N5O3. The summed E-state index contributed by atoms with van der Waals surface area (Å²) in [7, 11) is 0. The number of ketones is 1. The molecule has 0 aliphatic rings. The highest BCUT2D eigenvalue weighted by molar-refractivity contribution is 5.93. The molecule has 0 saturated heterocycles. The van der Waals surface area contributed by atoms with E-state index in [0.717, 1.165) is 4.68 Å². The average Bonchev–Trinajstić information content (AvgIpc) is 2.95. The lowest BCUT2D eigenvalue weighted by molar-refractivity contribution is -0.121. The summed E-state index contributed by atoms with van der Waals surface area (Å²) >= 11 is 0. The Hall–Kier alpha value is -2.77. The highest BCUT2D eigenvalue weighted by atomic mass is 16.2. The molecule has 0 aliphatic carbocycles. The Morgan fingerprint density at radius 1 is 1.12 bits per heavy atom. The zero-order chi connectivity index (χ0) is 17.9. The van der Waals surface area contributed by atoms with Gasteiger partial charge in [0.1, 0.15) is 6.04 Å². The minimum Gasteiger partial charge on any atom is -0.297 e. The Balaban J connectivity index is 2.41. The predicted octanol–water partition coefficient (Wildman–Crippen LogP) is 1.86. The molecule has 8 heteroatoms. The third-order valence-corrected chi connectivity index (χ3v) is 3.72. The molecule has 8 nitrogen and oxygen atoms in total. The topological polar surface area (TPSA) is 90.1 Å². The van der Waals surface area contributed by atoms with Crippen molar-refractivity contribution in [3.63, 3.8) is 0 Å². The van der Waals surface area contributed by atoms with Gasteiger partial charge in [-0.25, -0.2) is 9.59 Å². The maximum absolute atomic E-state index is 12.8. The molecule has 1 amide bonds. The van der Waals surface area contributed by atoms with Crippen LogP contribution < -0.4 is 10.6 Å². The van der Waals surface area contributed by atoms with E-state index in [0.29, 0.717) is 10.4 Å². The van der Waals surface area contributed by atoms with E-state index in [2.05, 4.69) is 10.4 Å². The number of rotatable bonds is 5.